The Morgan fingerprint density at radius 2 is 2.00 bits per heavy atom. The quantitative estimate of drug-likeness (QED) is 0.873. The Labute approximate surface area is 137 Å². The monoisotopic (exact) mass is 312 g/mol. The van der Waals surface area contributed by atoms with Crippen LogP contribution in [0.5, 0.6) is 0 Å². The molecule has 1 aromatic carbocycles. The normalized spacial score (nSPS) is 16.3. The minimum Gasteiger partial charge on any atom is -0.459 e. The minimum absolute atomic E-state index is 0.00312. The van der Waals surface area contributed by atoms with Crippen LogP contribution in [-0.2, 0) is 6.54 Å². The number of carbonyl (C=O) groups excluding carboxylic acids is 1. The fourth-order valence-electron chi connectivity index (χ4n) is 3.15. The van der Waals surface area contributed by atoms with Gasteiger partial charge in [0.2, 0.25) is 0 Å². The molecule has 0 radical (unpaired) electrons. The molecule has 1 amide bonds. The smallest absolute Gasteiger partial charge is 0.289 e. The van der Waals surface area contributed by atoms with Gasteiger partial charge in [-0.05, 0) is 43.5 Å². The molecule has 1 aliphatic heterocycles. The van der Waals surface area contributed by atoms with Crippen molar-refractivity contribution in [3.05, 3.63) is 59.0 Å². The van der Waals surface area contributed by atoms with Gasteiger partial charge in [0.15, 0.2) is 5.76 Å². The van der Waals surface area contributed by atoms with Crippen molar-refractivity contribution in [1.29, 1.82) is 0 Å². The first-order chi connectivity index (χ1) is 11.1. The van der Waals surface area contributed by atoms with Crippen molar-refractivity contribution in [1.82, 2.24) is 9.80 Å². The molecule has 4 nitrogen and oxygen atoms in total. The third-order valence-electron chi connectivity index (χ3n) is 4.50. The summed E-state index contributed by atoms with van der Waals surface area (Å²) in [6.07, 6.45) is 2.55. The molecule has 0 saturated carbocycles. The highest BCUT2D eigenvalue weighted by atomic mass is 16.3. The summed E-state index contributed by atoms with van der Waals surface area (Å²) in [5, 5.41) is 0. The largest absolute Gasteiger partial charge is 0.459 e. The standard InChI is InChI=1S/C19H24N2O2/c1-15-6-7-17(16(2)13-15)14-20-8-4-9-21(11-10-20)19(22)18-5-3-12-23-18/h3,5-7,12-13H,4,8-11,14H2,1-2H3. The van der Waals surface area contributed by atoms with Crippen LogP contribution in [0.4, 0.5) is 0 Å². The molecule has 122 valence electrons. The zero-order valence-electron chi connectivity index (χ0n) is 13.9. The lowest BCUT2D eigenvalue weighted by atomic mass is 10.1. The summed E-state index contributed by atoms with van der Waals surface area (Å²) in [5.41, 5.74) is 4.02. The zero-order valence-corrected chi connectivity index (χ0v) is 13.9. The first kappa shape index (κ1) is 15.8. The van der Waals surface area contributed by atoms with Crippen LogP contribution in [0.3, 0.4) is 0 Å². The van der Waals surface area contributed by atoms with Crippen molar-refractivity contribution in [3.63, 3.8) is 0 Å². The molecular weight excluding hydrogens is 288 g/mol. The summed E-state index contributed by atoms with van der Waals surface area (Å²) < 4.78 is 5.23. The number of amides is 1. The Morgan fingerprint density at radius 1 is 1.13 bits per heavy atom. The van der Waals surface area contributed by atoms with Crippen LogP contribution in [-0.4, -0.2) is 41.9 Å². The van der Waals surface area contributed by atoms with Crippen molar-refractivity contribution in [2.75, 3.05) is 26.2 Å². The predicted molar refractivity (Wildman–Crippen MR) is 90.4 cm³/mol. The number of nitrogens with zero attached hydrogens (tertiary/aromatic N) is 2. The van der Waals surface area contributed by atoms with E-state index < -0.39 is 0 Å². The van der Waals surface area contributed by atoms with Crippen molar-refractivity contribution in [2.45, 2.75) is 26.8 Å². The topological polar surface area (TPSA) is 36.7 Å². The summed E-state index contributed by atoms with van der Waals surface area (Å²) >= 11 is 0. The number of hydrogen-bond acceptors (Lipinski definition) is 3. The van der Waals surface area contributed by atoms with Crippen LogP contribution in [0.2, 0.25) is 0 Å². The van der Waals surface area contributed by atoms with Gasteiger partial charge < -0.3 is 9.32 Å². The molecule has 1 aliphatic rings. The summed E-state index contributed by atoms with van der Waals surface area (Å²) in [7, 11) is 0. The number of rotatable bonds is 3. The molecule has 0 atom stereocenters. The lowest BCUT2D eigenvalue weighted by molar-refractivity contribution is 0.0729. The Morgan fingerprint density at radius 3 is 2.74 bits per heavy atom. The molecule has 1 fully saturated rings. The molecule has 0 spiro atoms. The molecule has 23 heavy (non-hydrogen) atoms. The predicted octanol–water partition coefficient (Wildman–Crippen LogP) is 3.24. The average Bonchev–Trinajstić information content (AvgIpc) is 2.96. The first-order valence-corrected chi connectivity index (χ1v) is 8.25. The van der Waals surface area contributed by atoms with E-state index in [1.807, 2.05) is 4.90 Å². The van der Waals surface area contributed by atoms with Gasteiger partial charge in [0.25, 0.3) is 5.91 Å². The third-order valence-corrected chi connectivity index (χ3v) is 4.50. The Balaban J connectivity index is 1.61. The van der Waals surface area contributed by atoms with Gasteiger partial charge in [-0.25, -0.2) is 0 Å². The Bertz CT molecular complexity index is 664. The van der Waals surface area contributed by atoms with E-state index in [0.717, 1.165) is 39.1 Å². The maximum atomic E-state index is 12.4. The number of carbonyl (C=O) groups is 1. The van der Waals surface area contributed by atoms with Crippen molar-refractivity contribution >= 4 is 5.91 Å². The van der Waals surface area contributed by atoms with Gasteiger partial charge in [0.05, 0.1) is 6.26 Å². The molecule has 0 bridgehead atoms. The van der Waals surface area contributed by atoms with Gasteiger partial charge in [0, 0.05) is 32.7 Å². The SMILES string of the molecule is Cc1ccc(CN2CCCN(C(=O)c3ccco3)CC2)c(C)c1. The van der Waals surface area contributed by atoms with Crippen LogP contribution >= 0.6 is 0 Å². The number of hydrogen-bond donors (Lipinski definition) is 0. The van der Waals surface area contributed by atoms with Crippen molar-refractivity contribution in [2.24, 2.45) is 0 Å². The van der Waals surface area contributed by atoms with Gasteiger partial charge in [-0.2, -0.15) is 0 Å². The van der Waals surface area contributed by atoms with Crippen LogP contribution in [0.25, 0.3) is 0 Å². The van der Waals surface area contributed by atoms with E-state index >= 15 is 0 Å². The molecule has 0 aliphatic carbocycles. The molecule has 4 heteroatoms. The molecule has 0 unspecified atom stereocenters. The molecule has 1 saturated heterocycles. The van der Waals surface area contributed by atoms with Crippen LogP contribution < -0.4 is 0 Å². The van der Waals surface area contributed by atoms with Crippen molar-refractivity contribution < 1.29 is 9.21 Å². The summed E-state index contributed by atoms with van der Waals surface area (Å²) in [4.78, 5) is 16.7. The van der Waals surface area contributed by atoms with E-state index in [0.29, 0.717) is 5.76 Å². The van der Waals surface area contributed by atoms with E-state index in [2.05, 4.69) is 36.9 Å². The van der Waals surface area contributed by atoms with Crippen molar-refractivity contribution in [3.8, 4) is 0 Å². The number of benzene rings is 1. The molecule has 3 rings (SSSR count). The second-order valence-corrected chi connectivity index (χ2v) is 6.33. The second kappa shape index (κ2) is 7.01. The van der Waals surface area contributed by atoms with Crippen LogP contribution in [0.1, 0.15) is 33.7 Å². The van der Waals surface area contributed by atoms with E-state index in [4.69, 9.17) is 4.42 Å². The maximum Gasteiger partial charge on any atom is 0.289 e. The van der Waals surface area contributed by atoms with Gasteiger partial charge in [0.1, 0.15) is 0 Å². The molecule has 1 aromatic heterocycles. The molecular formula is C19H24N2O2. The zero-order chi connectivity index (χ0) is 16.2. The van der Waals surface area contributed by atoms with Gasteiger partial charge in [-0.1, -0.05) is 23.8 Å². The average molecular weight is 312 g/mol. The van der Waals surface area contributed by atoms with Crippen LogP contribution in [0, 0.1) is 13.8 Å². The van der Waals surface area contributed by atoms with E-state index in [9.17, 15) is 4.79 Å². The first-order valence-electron chi connectivity index (χ1n) is 8.25. The Hall–Kier alpha value is -2.07. The highest BCUT2D eigenvalue weighted by molar-refractivity contribution is 5.91. The summed E-state index contributed by atoms with van der Waals surface area (Å²) in [5.74, 6) is 0.441. The van der Waals surface area contributed by atoms with Gasteiger partial charge in [-0.15, -0.1) is 0 Å². The Kier molecular flexibility index (Phi) is 4.82. The highest BCUT2D eigenvalue weighted by Gasteiger charge is 2.22. The van der Waals surface area contributed by atoms with Crippen LogP contribution in [0.15, 0.2) is 41.0 Å². The maximum absolute atomic E-state index is 12.4. The fourth-order valence-corrected chi connectivity index (χ4v) is 3.15. The minimum atomic E-state index is 0.00312. The van der Waals surface area contributed by atoms with E-state index in [1.165, 1.54) is 16.7 Å². The summed E-state index contributed by atoms with van der Waals surface area (Å²) in [6, 6.07) is 10.1. The molecule has 0 N–H and O–H groups in total. The second-order valence-electron chi connectivity index (χ2n) is 6.33. The van der Waals surface area contributed by atoms with E-state index in [1.54, 1.807) is 18.4 Å². The lowest BCUT2D eigenvalue weighted by Crippen LogP contribution is -2.35. The molecule has 2 aromatic rings. The number of furan rings is 1. The van der Waals surface area contributed by atoms with Gasteiger partial charge in [-0.3, -0.25) is 9.69 Å². The van der Waals surface area contributed by atoms with E-state index in [-0.39, 0.29) is 5.91 Å². The molecule has 2 heterocycles. The third kappa shape index (κ3) is 3.82. The van der Waals surface area contributed by atoms with Gasteiger partial charge >= 0.3 is 0 Å². The highest BCUT2D eigenvalue weighted by Crippen LogP contribution is 2.15. The summed E-state index contributed by atoms with van der Waals surface area (Å²) in [6.45, 7) is 8.73. The number of aryl methyl sites for hydroxylation is 2. The fraction of sp³-hybridized carbons (Fsp3) is 0.421. The lowest BCUT2D eigenvalue weighted by Gasteiger charge is -2.22.